The second-order valence-corrected chi connectivity index (χ2v) is 7.35. The number of anilines is 3. The second kappa shape index (κ2) is 8.94. The SMILES string of the molecule is Fc1ccc(NSCCC(F)(F)F)c(F)c1Nc1ncccc1-c1ncnc2[nH]cnc12. The van der Waals surface area contributed by atoms with Gasteiger partial charge in [-0.25, -0.2) is 28.7 Å². The van der Waals surface area contributed by atoms with E-state index >= 15 is 0 Å². The highest BCUT2D eigenvalue weighted by Crippen LogP contribution is 2.34. The van der Waals surface area contributed by atoms with Crippen molar-refractivity contribution in [3.05, 3.63) is 54.8 Å². The first-order chi connectivity index (χ1) is 15.3. The molecule has 13 heteroatoms. The second-order valence-electron chi connectivity index (χ2n) is 6.45. The molecular formula is C19H14F5N7S. The molecule has 0 fully saturated rings. The molecule has 1 aromatic carbocycles. The number of fused-ring (bicyclic) bond motifs is 1. The summed E-state index contributed by atoms with van der Waals surface area (Å²) in [5.41, 5.74) is 1.05. The van der Waals surface area contributed by atoms with Crippen LogP contribution in [-0.2, 0) is 0 Å². The molecule has 0 aliphatic heterocycles. The third-order valence-corrected chi connectivity index (χ3v) is 5.06. The van der Waals surface area contributed by atoms with Crippen LogP contribution in [0.1, 0.15) is 6.42 Å². The van der Waals surface area contributed by atoms with Gasteiger partial charge in [-0.1, -0.05) is 11.9 Å². The minimum Gasteiger partial charge on any atom is -0.335 e. The third-order valence-electron chi connectivity index (χ3n) is 4.28. The van der Waals surface area contributed by atoms with Crippen LogP contribution in [0.5, 0.6) is 0 Å². The Kier molecular flexibility index (Phi) is 6.08. The minimum absolute atomic E-state index is 0.107. The van der Waals surface area contributed by atoms with E-state index in [1.54, 1.807) is 12.1 Å². The highest BCUT2D eigenvalue weighted by molar-refractivity contribution is 8.00. The van der Waals surface area contributed by atoms with Crippen molar-refractivity contribution in [3.63, 3.8) is 0 Å². The van der Waals surface area contributed by atoms with Gasteiger partial charge in [0.25, 0.3) is 0 Å². The lowest BCUT2D eigenvalue weighted by atomic mass is 10.1. The molecule has 0 saturated heterocycles. The molecule has 4 rings (SSSR count). The Morgan fingerprint density at radius 3 is 2.69 bits per heavy atom. The van der Waals surface area contributed by atoms with E-state index in [0.29, 0.717) is 34.4 Å². The smallest absolute Gasteiger partial charge is 0.335 e. The number of rotatable bonds is 7. The molecule has 4 aromatic rings. The zero-order valence-electron chi connectivity index (χ0n) is 16.0. The van der Waals surface area contributed by atoms with Gasteiger partial charge in [0.15, 0.2) is 11.5 Å². The highest BCUT2D eigenvalue weighted by Gasteiger charge is 2.26. The van der Waals surface area contributed by atoms with Crippen molar-refractivity contribution in [1.82, 2.24) is 24.9 Å². The summed E-state index contributed by atoms with van der Waals surface area (Å²) in [6.07, 6.45) is -1.18. The molecule has 0 aliphatic carbocycles. The monoisotopic (exact) mass is 467 g/mol. The largest absolute Gasteiger partial charge is 0.389 e. The Bertz CT molecular complexity index is 1240. The molecular weight excluding hydrogens is 453 g/mol. The maximum atomic E-state index is 14.9. The van der Waals surface area contributed by atoms with Gasteiger partial charge in [-0.3, -0.25) is 0 Å². The number of hydrogen-bond donors (Lipinski definition) is 3. The van der Waals surface area contributed by atoms with Crippen LogP contribution >= 0.6 is 11.9 Å². The lowest BCUT2D eigenvalue weighted by Crippen LogP contribution is -2.09. The van der Waals surface area contributed by atoms with Crippen LogP contribution in [0.15, 0.2) is 43.1 Å². The van der Waals surface area contributed by atoms with Crippen molar-refractivity contribution in [2.45, 2.75) is 12.6 Å². The first kappa shape index (κ1) is 21.7. The van der Waals surface area contributed by atoms with Crippen LogP contribution in [0.4, 0.5) is 39.1 Å². The number of aromatic nitrogens is 5. The first-order valence-corrected chi connectivity index (χ1v) is 10.1. The number of hydrogen-bond acceptors (Lipinski definition) is 7. The van der Waals surface area contributed by atoms with Gasteiger partial charge < -0.3 is 15.0 Å². The lowest BCUT2D eigenvalue weighted by Gasteiger charge is -2.15. The van der Waals surface area contributed by atoms with Gasteiger partial charge in [-0.05, 0) is 24.3 Å². The molecule has 166 valence electrons. The van der Waals surface area contributed by atoms with Crippen LogP contribution in [-0.4, -0.2) is 36.8 Å². The van der Waals surface area contributed by atoms with E-state index in [4.69, 9.17) is 0 Å². The molecule has 0 spiro atoms. The Hall–Kier alpha value is -3.48. The average molecular weight is 467 g/mol. The van der Waals surface area contributed by atoms with Crippen molar-refractivity contribution < 1.29 is 22.0 Å². The summed E-state index contributed by atoms with van der Waals surface area (Å²) >= 11 is 0.666. The number of pyridine rings is 1. The van der Waals surface area contributed by atoms with E-state index in [0.717, 1.165) is 12.1 Å². The van der Waals surface area contributed by atoms with Crippen LogP contribution in [0.3, 0.4) is 0 Å². The molecule has 0 bridgehead atoms. The van der Waals surface area contributed by atoms with Gasteiger partial charge in [0.05, 0.1) is 18.4 Å². The third kappa shape index (κ3) is 4.72. The predicted octanol–water partition coefficient (Wildman–Crippen LogP) is 5.45. The van der Waals surface area contributed by atoms with Crippen LogP contribution in [0.25, 0.3) is 22.4 Å². The summed E-state index contributed by atoms with van der Waals surface area (Å²) in [5.74, 6) is -2.14. The maximum Gasteiger partial charge on any atom is 0.389 e. The van der Waals surface area contributed by atoms with Crippen molar-refractivity contribution in [1.29, 1.82) is 0 Å². The molecule has 0 radical (unpaired) electrons. The van der Waals surface area contributed by atoms with Crippen LogP contribution in [0.2, 0.25) is 0 Å². The quantitative estimate of drug-likeness (QED) is 0.189. The Balaban J connectivity index is 1.62. The predicted molar refractivity (Wildman–Crippen MR) is 111 cm³/mol. The number of halogens is 5. The standard InChI is InChI=1S/C19H14F5N7S/c20-11-3-4-12(31-32-7-5-19(22,23)24)13(21)15(11)30-17-10(2-1-6-25-17)14-16-18(28-8-26-14)29-9-27-16/h1-4,6,8-9,31H,5,7H2,(H,25,30)(H,26,27,28,29). The van der Waals surface area contributed by atoms with Gasteiger partial charge in [0.2, 0.25) is 0 Å². The van der Waals surface area contributed by atoms with E-state index in [1.807, 2.05) is 0 Å². The highest BCUT2D eigenvalue weighted by atomic mass is 32.2. The van der Waals surface area contributed by atoms with Crippen molar-refractivity contribution in [2.24, 2.45) is 0 Å². The molecule has 3 N–H and O–H groups in total. The summed E-state index contributed by atoms with van der Waals surface area (Å²) in [4.78, 5) is 19.5. The zero-order chi connectivity index (χ0) is 22.7. The zero-order valence-corrected chi connectivity index (χ0v) is 16.9. The minimum atomic E-state index is -4.32. The summed E-state index contributed by atoms with van der Waals surface area (Å²) < 4.78 is 68.7. The summed E-state index contributed by atoms with van der Waals surface area (Å²) in [6.45, 7) is 0. The molecule has 0 unspecified atom stereocenters. The number of imidazole rings is 1. The number of alkyl halides is 3. The van der Waals surface area contributed by atoms with E-state index < -0.39 is 29.9 Å². The number of benzene rings is 1. The van der Waals surface area contributed by atoms with Crippen LogP contribution < -0.4 is 10.0 Å². The normalized spacial score (nSPS) is 11.7. The summed E-state index contributed by atoms with van der Waals surface area (Å²) in [6, 6.07) is 5.38. The number of nitrogens with zero attached hydrogens (tertiary/aromatic N) is 4. The molecule has 0 saturated carbocycles. The first-order valence-electron chi connectivity index (χ1n) is 9.12. The van der Waals surface area contributed by atoms with E-state index in [9.17, 15) is 22.0 Å². The van der Waals surface area contributed by atoms with Gasteiger partial charge in [-0.2, -0.15) is 13.2 Å². The number of aromatic amines is 1. The van der Waals surface area contributed by atoms with Gasteiger partial charge in [0.1, 0.15) is 34.9 Å². The molecule has 0 amide bonds. The Morgan fingerprint density at radius 1 is 1.03 bits per heavy atom. The molecule has 7 nitrogen and oxygen atoms in total. The van der Waals surface area contributed by atoms with Crippen LogP contribution in [0, 0.1) is 11.6 Å². The van der Waals surface area contributed by atoms with Gasteiger partial charge in [0, 0.05) is 17.5 Å². The molecule has 3 heterocycles. The fraction of sp³-hybridized carbons (Fsp3) is 0.158. The fourth-order valence-electron chi connectivity index (χ4n) is 2.82. The van der Waals surface area contributed by atoms with Crippen molar-refractivity contribution in [3.8, 4) is 11.3 Å². The molecule has 32 heavy (non-hydrogen) atoms. The van der Waals surface area contributed by atoms with E-state index in [2.05, 4.69) is 35.0 Å². The Morgan fingerprint density at radius 2 is 1.88 bits per heavy atom. The van der Waals surface area contributed by atoms with Gasteiger partial charge >= 0.3 is 6.18 Å². The van der Waals surface area contributed by atoms with Gasteiger partial charge in [-0.15, -0.1) is 0 Å². The van der Waals surface area contributed by atoms with E-state index in [-0.39, 0.29) is 17.3 Å². The summed E-state index contributed by atoms with van der Waals surface area (Å²) in [5, 5.41) is 2.63. The van der Waals surface area contributed by atoms with E-state index in [1.165, 1.54) is 18.9 Å². The number of nitrogens with one attached hydrogen (secondary N) is 3. The molecule has 0 atom stereocenters. The fourth-order valence-corrected chi connectivity index (χ4v) is 3.57. The van der Waals surface area contributed by atoms with Crippen molar-refractivity contribution >= 4 is 40.3 Å². The maximum absolute atomic E-state index is 14.9. The van der Waals surface area contributed by atoms with Crippen molar-refractivity contribution in [2.75, 3.05) is 15.8 Å². The molecule has 0 aliphatic rings. The lowest BCUT2D eigenvalue weighted by molar-refractivity contribution is -0.129. The average Bonchev–Trinajstić information content (AvgIpc) is 3.24. The topological polar surface area (TPSA) is 91.4 Å². The molecule has 3 aromatic heterocycles. The summed E-state index contributed by atoms with van der Waals surface area (Å²) in [7, 11) is 0. The number of H-pyrrole nitrogens is 1. The Labute approximate surface area is 182 Å².